The van der Waals surface area contributed by atoms with E-state index in [0.29, 0.717) is 12.1 Å². The van der Waals surface area contributed by atoms with Crippen molar-refractivity contribution in [2.24, 2.45) is 0 Å². The van der Waals surface area contributed by atoms with Gasteiger partial charge >= 0.3 is 0 Å². The minimum Gasteiger partial charge on any atom is -0.331 e. The van der Waals surface area contributed by atoms with E-state index in [1.54, 1.807) is 0 Å². The maximum atomic E-state index is 5.44. The molecule has 1 fully saturated rings. The lowest BCUT2D eigenvalue weighted by Crippen LogP contribution is -3.06. The standard InChI is InChI=1S/C13H24N4S/c1-4-11(16(2)3)12-14-15-13(18)17(12)10-8-6-5-7-9-10/h10-11H,4-9H2,1-3H3,(H,15,18)/p+1/t11-/m1/s1. The molecular weight excluding hydrogens is 244 g/mol. The van der Waals surface area contributed by atoms with Gasteiger partial charge < -0.3 is 4.90 Å². The van der Waals surface area contributed by atoms with E-state index in [-0.39, 0.29) is 0 Å². The molecule has 4 nitrogen and oxygen atoms in total. The van der Waals surface area contributed by atoms with Crippen LogP contribution in [0.4, 0.5) is 0 Å². The third kappa shape index (κ3) is 2.67. The van der Waals surface area contributed by atoms with Crippen molar-refractivity contribution in [2.45, 2.75) is 57.5 Å². The molecule has 2 rings (SSSR count). The van der Waals surface area contributed by atoms with E-state index >= 15 is 0 Å². The van der Waals surface area contributed by atoms with Gasteiger partial charge in [-0.15, -0.1) is 0 Å². The van der Waals surface area contributed by atoms with E-state index < -0.39 is 0 Å². The number of aromatic amines is 1. The predicted octanol–water partition coefficient (Wildman–Crippen LogP) is 2.04. The van der Waals surface area contributed by atoms with Crippen LogP contribution in [0.3, 0.4) is 0 Å². The van der Waals surface area contributed by atoms with Gasteiger partial charge in [-0.2, -0.15) is 5.10 Å². The summed E-state index contributed by atoms with van der Waals surface area (Å²) in [6.45, 7) is 2.22. The summed E-state index contributed by atoms with van der Waals surface area (Å²) in [5, 5.41) is 7.51. The number of aromatic nitrogens is 3. The first kappa shape index (κ1) is 13.7. The smallest absolute Gasteiger partial charge is 0.195 e. The lowest BCUT2D eigenvalue weighted by atomic mass is 9.95. The number of rotatable bonds is 4. The van der Waals surface area contributed by atoms with Crippen molar-refractivity contribution in [3.05, 3.63) is 10.6 Å². The van der Waals surface area contributed by atoms with E-state index in [0.717, 1.165) is 17.0 Å². The molecule has 0 spiro atoms. The molecule has 102 valence electrons. The summed E-state index contributed by atoms with van der Waals surface area (Å²) >= 11 is 5.44. The second-order valence-electron chi connectivity index (χ2n) is 5.59. The first-order chi connectivity index (χ1) is 8.65. The highest BCUT2D eigenvalue weighted by Gasteiger charge is 2.27. The molecule has 18 heavy (non-hydrogen) atoms. The third-order valence-corrected chi connectivity index (χ3v) is 4.38. The molecule has 0 aromatic carbocycles. The Balaban J connectivity index is 2.33. The number of hydrogen-bond acceptors (Lipinski definition) is 2. The molecule has 0 unspecified atom stereocenters. The second-order valence-corrected chi connectivity index (χ2v) is 5.97. The van der Waals surface area contributed by atoms with Crippen LogP contribution in [-0.2, 0) is 0 Å². The fourth-order valence-electron chi connectivity index (χ4n) is 3.10. The lowest BCUT2D eigenvalue weighted by molar-refractivity contribution is -0.893. The molecule has 0 aliphatic heterocycles. The molecule has 1 heterocycles. The Morgan fingerprint density at radius 2 is 2.06 bits per heavy atom. The number of quaternary nitrogens is 1. The van der Waals surface area contributed by atoms with Crippen molar-refractivity contribution in [2.75, 3.05) is 14.1 Å². The normalized spacial score (nSPS) is 19.3. The highest BCUT2D eigenvalue weighted by molar-refractivity contribution is 7.71. The third-order valence-electron chi connectivity index (χ3n) is 4.09. The molecule has 1 aromatic heterocycles. The highest BCUT2D eigenvalue weighted by atomic mass is 32.1. The van der Waals surface area contributed by atoms with Crippen LogP contribution in [0.5, 0.6) is 0 Å². The molecule has 0 radical (unpaired) electrons. The predicted molar refractivity (Wildman–Crippen MR) is 75.4 cm³/mol. The summed E-state index contributed by atoms with van der Waals surface area (Å²) in [5.74, 6) is 1.15. The largest absolute Gasteiger partial charge is 0.331 e. The van der Waals surface area contributed by atoms with Gasteiger partial charge in [0.2, 0.25) is 0 Å². The number of H-pyrrole nitrogens is 1. The zero-order chi connectivity index (χ0) is 13.1. The van der Waals surface area contributed by atoms with Crippen LogP contribution in [0.2, 0.25) is 0 Å². The van der Waals surface area contributed by atoms with Gasteiger partial charge in [-0.1, -0.05) is 26.2 Å². The van der Waals surface area contributed by atoms with Crippen LogP contribution in [0, 0.1) is 4.77 Å². The molecule has 0 saturated heterocycles. The van der Waals surface area contributed by atoms with Crippen molar-refractivity contribution >= 4 is 12.2 Å². The fourth-order valence-corrected chi connectivity index (χ4v) is 3.39. The van der Waals surface area contributed by atoms with Gasteiger partial charge in [0, 0.05) is 12.5 Å². The van der Waals surface area contributed by atoms with Gasteiger partial charge in [-0.3, -0.25) is 9.67 Å². The first-order valence-electron chi connectivity index (χ1n) is 7.12. The summed E-state index contributed by atoms with van der Waals surface area (Å²) in [5.41, 5.74) is 0. The quantitative estimate of drug-likeness (QED) is 0.821. The number of nitrogens with one attached hydrogen (secondary N) is 2. The van der Waals surface area contributed by atoms with Crippen molar-refractivity contribution < 1.29 is 4.90 Å². The summed E-state index contributed by atoms with van der Waals surface area (Å²) in [4.78, 5) is 1.42. The zero-order valence-corrected chi connectivity index (χ0v) is 12.5. The Morgan fingerprint density at radius 3 is 2.61 bits per heavy atom. The van der Waals surface area contributed by atoms with Crippen LogP contribution in [0.15, 0.2) is 0 Å². The van der Waals surface area contributed by atoms with Gasteiger partial charge in [0.25, 0.3) is 0 Å². The Hall–Kier alpha value is -0.680. The molecule has 0 amide bonds. The van der Waals surface area contributed by atoms with Crippen LogP contribution in [-0.4, -0.2) is 28.9 Å². The molecule has 1 atom stereocenters. The Morgan fingerprint density at radius 1 is 1.39 bits per heavy atom. The summed E-state index contributed by atoms with van der Waals surface area (Å²) in [6.07, 6.45) is 7.60. The van der Waals surface area contributed by atoms with Crippen molar-refractivity contribution in [3.63, 3.8) is 0 Å². The number of hydrogen-bond donors (Lipinski definition) is 2. The maximum absolute atomic E-state index is 5.44. The van der Waals surface area contributed by atoms with E-state index in [1.807, 2.05) is 0 Å². The van der Waals surface area contributed by atoms with Gasteiger partial charge in [0.15, 0.2) is 10.6 Å². The molecule has 1 saturated carbocycles. The van der Waals surface area contributed by atoms with Crippen molar-refractivity contribution in [3.8, 4) is 0 Å². The molecular formula is C13H25N4S+. The second kappa shape index (κ2) is 5.97. The van der Waals surface area contributed by atoms with E-state index in [1.165, 1.54) is 37.0 Å². The summed E-state index contributed by atoms with van der Waals surface area (Å²) in [7, 11) is 4.38. The minimum atomic E-state index is 0.430. The Labute approximate surface area is 114 Å². The lowest BCUT2D eigenvalue weighted by Gasteiger charge is -2.27. The van der Waals surface area contributed by atoms with E-state index in [2.05, 4.69) is 35.8 Å². The molecule has 5 heteroatoms. The minimum absolute atomic E-state index is 0.430. The van der Waals surface area contributed by atoms with Gasteiger partial charge in [-0.25, -0.2) is 0 Å². The molecule has 0 bridgehead atoms. The molecule has 1 aromatic rings. The average Bonchev–Trinajstić information content (AvgIpc) is 2.73. The van der Waals surface area contributed by atoms with E-state index in [9.17, 15) is 0 Å². The van der Waals surface area contributed by atoms with Gasteiger partial charge in [0.1, 0.15) is 6.04 Å². The molecule has 1 aliphatic rings. The first-order valence-corrected chi connectivity index (χ1v) is 7.52. The summed E-state index contributed by atoms with van der Waals surface area (Å²) in [6, 6.07) is 0.994. The van der Waals surface area contributed by atoms with Crippen LogP contribution in [0.25, 0.3) is 0 Å². The topological polar surface area (TPSA) is 38.0 Å². The van der Waals surface area contributed by atoms with Crippen LogP contribution in [0.1, 0.15) is 63.4 Å². The zero-order valence-electron chi connectivity index (χ0n) is 11.7. The fraction of sp³-hybridized carbons (Fsp3) is 0.846. The van der Waals surface area contributed by atoms with Crippen LogP contribution < -0.4 is 4.90 Å². The average molecular weight is 269 g/mol. The SMILES string of the molecule is CC[C@H](c1n[nH]c(=S)n1C1CCCCC1)[NH+](C)C. The number of nitrogens with zero attached hydrogens (tertiary/aromatic N) is 2. The van der Waals surface area contributed by atoms with Crippen LogP contribution >= 0.6 is 12.2 Å². The molecule has 2 N–H and O–H groups in total. The Bertz CT molecular complexity index is 428. The molecule has 1 aliphatic carbocycles. The maximum Gasteiger partial charge on any atom is 0.195 e. The summed E-state index contributed by atoms with van der Waals surface area (Å²) < 4.78 is 3.10. The van der Waals surface area contributed by atoms with Gasteiger partial charge in [0.05, 0.1) is 14.1 Å². The Kier molecular flexibility index (Phi) is 4.56. The van der Waals surface area contributed by atoms with Crippen molar-refractivity contribution in [1.82, 2.24) is 14.8 Å². The van der Waals surface area contributed by atoms with E-state index in [4.69, 9.17) is 12.2 Å². The monoisotopic (exact) mass is 269 g/mol. The van der Waals surface area contributed by atoms with Gasteiger partial charge in [-0.05, 0) is 25.1 Å². The van der Waals surface area contributed by atoms with Crippen molar-refractivity contribution in [1.29, 1.82) is 0 Å². The highest BCUT2D eigenvalue weighted by Crippen LogP contribution is 2.30.